The van der Waals surface area contributed by atoms with E-state index in [9.17, 15) is 4.79 Å². The topological polar surface area (TPSA) is 29.1 Å². The van der Waals surface area contributed by atoms with Crippen LogP contribution in [0.5, 0.6) is 0 Å². The highest BCUT2D eigenvalue weighted by Crippen LogP contribution is 2.28. The van der Waals surface area contributed by atoms with Gasteiger partial charge < -0.3 is 5.32 Å². The molecule has 0 saturated heterocycles. The smallest absolute Gasteiger partial charge is 0.220 e. The number of carbonyl (C=O) groups excluding carboxylic acids is 1. The zero-order valence-corrected chi connectivity index (χ0v) is 12.2. The molecule has 1 amide bonds. The SMILES string of the molecule is O=C(CCC1CCCCC1)NC1CCCC1Br. The van der Waals surface area contributed by atoms with Gasteiger partial charge in [-0.3, -0.25) is 4.79 Å². The summed E-state index contributed by atoms with van der Waals surface area (Å²) in [6, 6.07) is 0.383. The summed E-state index contributed by atoms with van der Waals surface area (Å²) >= 11 is 3.65. The quantitative estimate of drug-likeness (QED) is 0.787. The van der Waals surface area contributed by atoms with Crippen LogP contribution in [0.25, 0.3) is 0 Å². The summed E-state index contributed by atoms with van der Waals surface area (Å²) in [6.45, 7) is 0. The minimum atomic E-state index is 0.270. The van der Waals surface area contributed by atoms with Crippen LogP contribution in [0.2, 0.25) is 0 Å². The molecule has 2 fully saturated rings. The van der Waals surface area contributed by atoms with Gasteiger partial charge in [0, 0.05) is 17.3 Å². The molecule has 98 valence electrons. The molecule has 0 bridgehead atoms. The Morgan fingerprint density at radius 2 is 1.82 bits per heavy atom. The third-order valence-electron chi connectivity index (χ3n) is 4.28. The lowest BCUT2D eigenvalue weighted by Crippen LogP contribution is -2.37. The van der Waals surface area contributed by atoms with Crippen molar-refractivity contribution in [2.45, 2.75) is 75.1 Å². The van der Waals surface area contributed by atoms with Crippen molar-refractivity contribution in [1.82, 2.24) is 5.32 Å². The molecule has 0 radical (unpaired) electrons. The van der Waals surface area contributed by atoms with Crippen molar-refractivity contribution >= 4 is 21.8 Å². The van der Waals surface area contributed by atoms with E-state index < -0.39 is 0 Å². The Bertz CT molecular complexity index is 251. The Labute approximate surface area is 113 Å². The Kier molecular flexibility index (Phi) is 5.33. The second kappa shape index (κ2) is 6.77. The van der Waals surface area contributed by atoms with E-state index in [1.54, 1.807) is 0 Å². The van der Waals surface area contributed by atoms with Gasteiger partial charge in [0.25, 0.3) is 0 Å². The summed E-state index contributed by atoms with van der Waals surface area (Å²) in [7, 11) is 0. The second-order valence-electron chi connectivity index (χ2n) is 5.66. The molecule has 1 N–H and O–H groups in total. The molecule has 2 saturated carbocycles. The van der Waals surface area contributed by atoms with Crippen LogP contribution in [-0.4, -0.2) is 16.8 Å². The lowest BCUT2D eigenvalue weighted by molar-refractivity contribution is -0.122. The van der Waals surface area contributed by atoms with Gasteiger partial charge in [-0.15, -0.1) is 0 Å². The molecule has 0 aromatic heterocycles. The maximum Gasteiger partial charge on any atom is 0.220 e. The normalized spacial score (nSPS) is 30.4. The number of rotatable bonds is 4. The number of alkyl halides is 1. The van der Waals surface area contributed by atoms with Gasteiger partial charge in [0.05, 0.1) is 0 Å². The van der Waals surface area contributed by atoms with E-state index in [1.165, 1.54) is 44.9 Å². The minimum Gasteiger partial charge on any atom is -0.352 e. The van der Waals surface area contributed by atoms with E-state index in [1.807, 2.05) is 0 Å². The number of hydrogen-bond donors (Lipinski definition) is 1. The highest BCUT2D eigenvalue weighted by Gasteiger charge is 2.26. The highest BCUT2D eigenvalue weighted by atomic mass is 79.9. The van der Waals surface area contributed by atoms with Gasteiger partial charge in [-0.05, 0) is 25.2 Å². The summed E-state index contributed by atoms with van der Waals surface area (Å²) in [6.07, 6.45) is 12.3. The lowest BCUT2D eigenvalue weighted by Gasteiger charge is -2.22. The van der Waals surface area contributed by atoms with Crippen LogP contribution in [-0.2, 0) is 4.79 Å². The summed E-state index contributed by atoms with van der Waals surface area (Å²) in [4.78, 5) is 12.4. The lowest BCUT2D eigenvalue weighted by atomic mass is 9.86. The predicted octanol–water partition coefficient (Wildman–Crippen LogP) is 3.78. The van der Waals surface area contributed by atoms with Crippen molar-refractivity contribution in [2.24, 2.45) is 5.92 Å². The number of hydrogen-bond acceptors (Lipinski definition) is 1. The fourth-order valence-corrected chi connectivity index (χ4v) is 3.89. The fourth-order valence-electron chi connectivity index (χ4n) is 3.17. The van der Waals surface area contributed by atoms with Gasteiger partial charge in [-0.25, -0.2) is 0 Å². The van der Waals surface area contributed by atoms with Crippen molar-refractivity contribution in [2.75, 3.05) is 0 Å². The number of carbonyl (C=O) groups is 1. The molecule has 2 aliphatic rings. The van der Waals surface area contributed by atoms with E-state index in [0.29, 0.717) is 10.9 Å². The Morgan fingerprint density at radius 1 is 1.06 bits per heavy atom. The largest absolute Gasteiger partial charge is 0.352 e. The Morgan fingerprint density at radius 3 is 2.47 bits per heavy atom. The summed E-state index contributed by atoms with van der Waals surface area (Å²) in [5.74, 6) is 1.09. The van der Waals surface area contributed by atoms with Crippen molar-refractivity contribution in [3.8, 4) is 0 Å². The summed E-state index contributed by atoms with van der Waals surface area (Å²) < 4.78 is 0. The maximum absolute atomic E-state index is 11.9. The molecule has 0 aromatic rings. The summed E-state index contributed by atoms with van der Waals surface area (Å²) in [5, 5.41) is 3.18. The van der Waals surface area contributed by atoms with Gasteiger partial charge in [-0.1, -0.05) is 54.5 Å². The zero-order valence-electron chi connectivity index (χ0n) is 10.6. The Hall–Kier alpha value is -0.0500. The molecule has 17 heavy (non-hydrogen) atoms. The monoisotopic (exact) mass is 301 g/mol. The van der Waals surface area contributed by atoms with Crippen molar-refractivity contribution in [1.29, 1.82) is 0 Å². The average Bonchev–Trinajstić information content (AvgIpc) is 2.74. The number of amides is 1. The van der Waals surface area contributed by atoms with Gasteiger partial charge in [0.2, 0.25) is 5.91 Å². The standard InChI is InChI=1S/C14H24BrNO/c15-12-7-4-8-13(12)16-14(17)10-9-11-5-2-1-3-6-11/h11-13H,1-10H2,(H,16,17). The molecule has 0 aliphatic heterocycles. The maximum atomic E-state index is 11.9. The highest BCUT2D eigenvalue weighted by molar-refractivity contribution is 9.09. The molecule has 0 aromatic carbocycles. The van der Waals surface area contributed by atoms with Crippen molar-refractivity contribution in [3.63, 3.8) is 0 Å². The molecule has 2 rings (SSSR count). The molecule has 2 atom stereocenters. The zero-order chi connectivity index (χ0) is 12.1. The first-order chi connectivity index (χ1) is 8.25. The van der Waals surface area contributed by atoms with Gasteiger partial charge >= 0.3 is 0 Å². The van der Waals surface area contributed by atoms with Crippen LogP contribution in [0.1, 0.15) is 64.2 Å². The molecule has 2 unspecified atom stereocenters. The first-order valence-electron chi connectivity index (χ1n) is 7.19. The first kappa shape index (κ1) is 13.4. The van der Waals surface area contributed by atoms with Crippen LogP contribution in [0.4, 0.5) is 0 Å². The predicted molar refractivity (Wildman–Crippen MR) is 74.3 cm³/mol. The minimum absolute atomic E-state index is 0.270. The van der Waals surface area contributed by atoms with Crippen LogP contribution in [0.3, 0.4) is 0 Å². The summed E-state index contributed by atoms with van der Waals surface area (Å²) in [5.41, 5.74) is 0. The molecule has 3 heteroatoms. The van der Waals surface area contributed by atoms with Crippen LogP contribution in [0, 0.1) is 5.92 Å². The van der Waals surface area contributed by atoms with E-state index >= 15 is 0 Å². The van der Waals surface area contributed by atoms with Crippen LogP contribution < -0.4 is 5.32 Å². The van der Waals surface area contributed by atoms with E-state index in [4.69, 9.17) is 0 Å². The third-order valence-corrected chi connectivity index (χ3v) is 5.38. The fraction of sp³-hybridized carbons (Fsp3) is 0.929. The van der Waals surface area contributed by atoms with Gasteiger partial charge in [0.1, 0.15) is 0 Å². The molecule has 2 nitrogen and oxygen atoms in total. The van der Waals surface area contributed by atoms with Crippen LogP contribution >= 0.6 is 15.9 Å². The molecular formula is C14H24BrNO. The first-order valence-corrected chi connectivity index (χ1v) is 8.10. The van der Waals surface area contributed by atoms with Gasteiger partial charge in [0.15, 0.2) is 0 Å². The molecular weight excluding hydrogens is 278 g/mol. The number of halogens is 1. The molecule has 0 heterocycles. The molecule has 0 spiro atoms. The third kappa shape index (κ3) is 4.27. The van der Waals surface area contributed by atoms with Crippen molar-refractivity contribution < 1.29 is 4.79 Å². The second-order valence-corrected chi connectivity index (χ2v) is 6.84. The van der Waals surface area contributed by atoms with E-state index in [2.05, 4.69) is 21.2 Å². The van der Waals surface area contributed by atoms with Crippen molar-refractivity contribution in [3.05, 3.63) is 0 Å². The average molecular weight is 302 g/mol. The van der Waals surface area contributed by atoms with E-state index in [0.717, 1.165) is 25.2 Å². The Balaban J connectivity index is 1.63. The van der Waals surface area contributed by atoms with Crippen LogP contribution in [0.15, 0.2) is 0 Å². The number of nitrogens with one attached hydrogen (secondary N) is 1. The van der Waals surface area contributed by atoms with Gasteiger partial charge in [-0.2, -0.15) is 0 Å². The molecule has 2 aliphatic carbocycles. The van der Waals surface area contributed by atoms with E-state index in [-0.39, 0.29) is 5.91 Å².